The second-order valence-corrected chi connectivity index (χ2v) is 10.4. The number of sulfonamides is 1. The van der Waals surface area contributed by atoms with Crippen LogP contribution >= 0.6 is 11.6 Å². The molecule has 0 saturated carbocycles. The fourth-order valence-electron chi connectivity index (χ4n) is 2.52. The van der Waals surface area contributed by atoms with Gasteiger partial charge in [-0.15, -0.1) is 11.6 Å². The molecule has 1 aromatic carbocycles. The van der Waals surface area contributed by atoms with Gasteiger partial charge in [0.2, 0.25) is 10.0 Å². The van der Waals surface area contributed by atoms with Crippen LogP contribution < -0.4 is 4.72 Å². The molecule has 0 aliphatic rings. The van der Waals surface area contributed by atoms with Gasteiger partial charge < -0.3 is 4.42 Å². The summed E-state index contributed by atoms with van der Waals surface area (Å²) in [6.07, 6.45) is 1.65. The number of nitrogens with one attached hydrogen (secondary N) is 1. The second-order valence-electron chi connectivity index (χ2n) is 6.03. The topological polar surface area (TPSA) is 93.5 Å². The molecule has 26 heavy (non-hydrogen) atoms. The minimum absolute atomic E-state index is 0.162. The van der Waals surface area contributed by atoms with Crippen molar-refractivity contribution in [2.45, 2.75) is 30.4 Å². The lowest BCUT2D eigenvalue weighted by molar-refractivity contribution is 0.486. The van der Waals surface area contributed by atoms with Crippen molar-refractivity contribution in [3.05, 3.63) is 53.5 Å². The average molecular weight is 420 g/mol. The number of rotatable bonds is 9. The van der Waals surface area contributed by atoms with E-state index in [1.54, 1.807) is 32.0 Å². The highest BCUT2D eigenvalue weighted by Gasteiger charge is 2.33. The zero-order valence-corrected chi connectivity index (χ0v) is 17.0. The van der Waals surface area contributed by atoms with Gasteiger partial charge in [0, 0.05) is 12.4 Å². The van der Waals surface area contributed by atoms with Gasteiger partial charge in [-0.05, 0) is 49.6 Å². The maximum Gasteiger partial charge on any atom is 0.211 e. The Bertz CT molecular complexity index is 938. The first-order chi connectivity index (χ1) is 12.2. The third-order valence-electron chi connectivity index (χ3n) is 3.92. The Morgan fingerprint density at radius 2 is 1.88 bits per heavy atom. The molecule has 0 radical (unpaired) electrons. The van der Waals surface area contributed by atoms with Crippen molar-refractivity contribution in [1.82, 2.24) is 4.72 Å². The van der Waals surface area contributed by atoms with Crippen molar-refractivity contribution in [2.75, 3.05) is 18.2 Å². The van der Waals surface area contributed by atoms with Gasteiger partial charge in [0.15, 0.2) is 9.84 Å². The molecule has 0 fully saturated rings. The van der Waals surface area contributed by atoms with Crippen molar-refractivity contribution < 1.29 is 21.3 Å². The van der Waals surface area contributed by atoms with Crippen LogP contribution in [0.3, 0.4) is 0 Å². The fraction of sp³-hybridized carbons (Fsp3) is 0.412. The van der Waals surface area contributed by atoms with Gasteiger partial charge >= 0.3 is 0 Å². The van der Waals surface area contributed by atoms with E-state index in [0.29, 0.717) is 5.56 Å². The molecule has 9 heteroatoms. The van der Waals surface area contributed by atoms with E-state index in [1.807, 2.05) is 6.07 Å². The van der Waals surface area contributed by atoms with E-state index in [0.717, 1.165) is 5.56 Å². The van der Waals surface area contributed by atoms with Crippen molar-refractivity contribution in [2.24, 2.45) is 0 Å². The van der Waals surface area contributed by atoms with E-state index in [9.17, 15) is 16.8 Å². The molecule has 0 bridgehead atoms. The standard InChI is InChI=1S/C17H22ClNO5S2/c1-13-6-7-14(2)16(11-13)26(22,23)17(15-5-3-9-24-15)12-19-25(20,21)10-4-8-18/h3,5-7,9,11,17,19H,4,8,10,12H2,1-2H3/t17-/m1/s1. The summed E-state index contributed by atoms with van der Waals surface area (Å²) in [5, 5.41) is -1.16. The molecule has 0 aliphatic heterocycles. The van der Waals surface area contributed by atoms with Crippen LogP contribution in [0.4, 0.5) is 0 Å². The lowest BCUT2D eigenvalue weighted by Crippen LogP contribution is -2.33. The third kappa shape index (κ3) is 5.09. The summed E-state index contributed by atoms with van der Waals surface area (Å²) < 4.78 is 58.2. The van der Waals surface area contributed by atoms with Gasteiger partial charge in [-0.2, -0.15) is 0 Å². The van der Waals surface area contributed by atoms with Crippen molar-refractivity contribution in [1.29, 1.82) is 0 Å². The number of hydrogen-bond donors (Lipinski definition) is 1. The van der Waals surface area contributed by atoms with Gasteiger partial charge in [0.1, 0.15) is 11.0 Å². The molecule has 1 atom stereocenters. The molecule has 1 aromatic heterocycles. The zero-order valence-electron chi connectivity index (χ0n) is 14.6. The number of hydrogen-bond acceptors (Lipinski definition) is 5. The predicted molar refractivity (Wildman–Crippen MR) is 102 cm³/mol. The van der Waals surface area contributed by atoms with E-state index in [1.165, 1.54) is 12.3 Å². The molecule has 0 unspecified atom stereocenters. The van der Waals surface area contributed by atoms with Crippen molar-refractivity contribution in [3.63, 3.8) is 0 Å². The molecular formula is C17H22ClNO5S2. The number of furan rings is 1. The smallest absolute Gasteiger partial charge is 0.211 e. The molecule has 2 aromatic rings. The summed E-state index contributed by atoms with van der Waals surface area (Å²) in [6.45, 7) is 3.19. The molecule has 0 aliphatic carbocycles. The average Bonchev–Trinajstić information content (AvgIpc) is 3.09. The van der Waals surface area contributed by atoms with Gasteiger partial charge in [-0.1, -0.05) is 12.1 Å². The number of sulfone groups is 1. The first-order valence-corrected chi connectivity index (χ1v) is 11.8. The molecule has 0 spiro atoms. The van der Waals surface area contributed by atoms with Crippen LogP contribution in [0.25, 0.3) is 0 Å². The van der Waals surface area contributed by atoms with Crippen LogP contribution in [0.1, 0.15) is 28.6 Å². The van der Waals surface area contributed by atoms with Gasteiger partial charge in [-0.3, -0.25) is 0 Å². The summed E-state index contributed by atoms with van der Waals surface area (Å²) >= 11 is 5.53. The summed E-state index contributed by atoms with van der Waals surface area (Å²) in [5.74, 6) is 0.236. The van der Waals surface area contributed by atoms with Crippen molar-refractivity contribution >= 4 is 31.5 Å². The van der Waals surface area contributed by atoms with Gasteiger partial charge in [-0.25, -0.2) is 21.6 Å². The Balaban J connectivity index is 2.38. The highest BCUT2D eigenvalue weighted by molar-refractivity contribution is 7.92. The minimum atomic E-state index is -3.87. The SMILES string of the molecule is Cc1ccc(C)c(S(=O)(=O)[C@H](CNS(=O)(=O)CCCCl)c2ccco2)c1. The monoisotopic (exact) mass is 419 g/mol. The number of alkyl halides is 1. The van der Waals surface area contributed by atoms with Gasteiger partial charge in [0.05, 0.1) is 16.9 Å². The zero-order chi connectivity index (χ0) is 19.4. The Kier molecular flexibility index (Phi) is 6.90. The Morgan fingerprint density at radius 1 is 1.15 bits per heavy atom. The van der Waals surface area contributed by atoms with Gasteiger partial charge in [0.25, 0.3) is 0 Å². The number of halogens is 1. The number of benzene rings is 1. The second kappa shape index (κ2) is 8.56. The summed E-state index contributed by atoms with van der Waals surface area (Å²) in [5.41, 5.74) is 1.40. The van der Waals surface area contributed by atoms with Crippen LogP contribution in [0.2, 0.25) is 0 Å². The lowest BCUT2D eigenvalue weighted by Gasteiger charge is -2.18. The third-order valence-corrected chi connectivity index (χ3v) is 7.82. The predicted octanol–water partition coefficient (Wildman–Crippen LogP) is 2.96. The Morgan fingerprint density at radius 3 is 2.50 bits per heavy atom. The summed E-state index contributed by atoms with van der Waals surface area (Å²) in [4.78, 5) is 0.166. The maximum atomic E-state index is 13.2. The van der Waals surface area contributed by atoms with Crippen molar-refractivity contribution in [3.8, 4) is 0 Å². The number of aryl methyl sites for hydroxylation is 2. The van der Waals surface area contributed by atoms with E-state index >= 15 is 0 Å². The summed E-state index contributed by atoms with van der Waals surface area (Å²) in [6, 6.07) is 8.24. The molecule has 1 N–H and O–H groups in total. The quantitative estimate of drug-likeness (QED) is 0.630. The van der Waals surface area contributed by atoms with Crippen LogP contribution in [-0.4, -0.2) is 35.0 Å². The molecule has 144 valence electrons. The van der Waals surface area contributed by atoms with Crippen LogP contribution in [0, 0.1) is 13.8 Å². The fourth-order valence-corrected chi connectivity index (χ4v) is 5.93. The van der Waals surface area contributed by atoms with Crippen LogP contribution in [-0.2, 0) is 19.9 Å². The lowest BCUT2D eigenvalue weighted by atomic mass is 10.2. The van der Waals surface area contributed by atoms with Crippen LogP contribution in [0.15, 0.2) is 45.9 Å². The first kappa shape index (κ1) is 21.0. The highest BCUT2D eigenvalue weighted by atomic mass is 35.5. The highest BCUT2D eigenvalue weighted by Crippen LogP contribution is 2.31. The van der Waals surface area contributed by atoms with E-state index in [-0.39, 0.29) is 35.3 Å². The molecule has 6 nitrogen and oxygen atoms in total. The largest absolute Gasteiger partial charge is 0.468 e. The Labute approximate surface area is 159 Å². The summed E-state index contributed by atoms with van der Waals surface area (Å²) in [7, 11) is -7.50. The van der Waals surface area contributed by atoms with E-state index < -0.39 is 25.1 Å². The molecule has 0 saturated heterocycles. The first-order valence-electron chi connectivity index (χ1n) is 8.05. The normalized spacial score (nSPS) is 13.7. The van der Waals surface area contributed by atoms with Crippen LogP contribution in [0.5, 0.6) is 0 Å². The minimum Gasteiger partial charge on any atom is -0.468 e. The molecule has 0 amide bonds. The molecule has 2 rings (SSSR count). The molecule has 1 heterocycles. The Hall–Kier alpha value is -1.35. The van der Waals surface area contributed by atoms with E-state index in [2.05, 4.69) is 4.72 Å². The maximum absolute atomic E-state index is 13.2. The van der Waals surface area contributed by atoms with E-state index in [4.69, 9.17) is 16.0 Å². The molecular weight excluding hydrogens is 398 g/mol.